The molecule has 2 rings (SSSR count). The van der Waals surface area contributed by atoms with Gasteiger partial charge in [0.15, 0.2) is 0 Å². The van der Waals surface area contributed by atoms with Gasteiger partial charge in [-0.2, -0.15) is 0 Å². The number of benzene rings is 1. The van der Waals surface area contributed by atoms with Gasteiger partial charge in [0.2, 0.25) is 0 Å². The minimum atomic E-state index is 0. The van der Waals surface area contributed by atoms with Crippen molar-refractivity contribution < 1.29 is 31.1 Å². The fourth-order valence-electron chi connectivity index (χ4n) is 0.725. The summed E-state index contributed by atoms with van der Waals surface area (Å²) < 4.78 is 19.8. The van der Waals surface area contributed by atoms with E-state index in [1.54, 1.807) is 6.26 Å². The molecule has 1 aliphatic rings. The predicted octanol–water partition coefficient (Wildman–Crippen LogP) is 2.53. The molecule has 0 spiro atoms. The molecular formula is C12H12MnO3. The Morgan fingerprint density at radius 1 is 0.812 bits per heavy atom. The van der Waals surface area contributed by atoms with Crippen molar-refractivity contribution in [2.45, 2.75) is 6.42 Å². The molecule has 4 heteroatoms. The second kappa shape index (κ2) is 23.5. The van der Waals surface area contributed by atoms with Gasteiger partial charge >= 0.3 is 22.6 Å². The summed E-state index contributed by atoms with van der Waals surface area (Å²) in [6, 6.07) is 12.0. The number of hydrogen-bond donors (Lipinski definition) is 0. The van der Waals surface area contributed by atoms with Crippen LogP contribution in [0, 0.1) is 13.3 Å². The molecule has 0 N–H and O–H groups in total. The van der Waals surface area contributed by atoms with E-state index in [1.165, 1.54) is 0 Å². The van der Waals surface area contributed by atoms with Crippen molar-refractivity contribution in [2.75, 3.05) is 6.61 Å². The predicted molar refractivity (Wildman–Crippen MR) is 54.0 cm³/mol. The van der Waals surface area contributed by atoms with Crippen LogP contribution in [0.15, 0.2) is 48.7 Å². The third kappa shape index (κ3) is 18.5. The van der Waals surface area contributed by atoms with Crippen molar-refractivity contribution in [2.24, 2.45) is 0 Å². The normalized spacial score (nSPS) is 9.25. The van der Waals surface area contributed by atoms with Crippen LogP contribution in [0.1, 0.15) is 6.42 Å². The molecule has 1 aromatic rings. The van der Waals surface area contributed by atoms with E-state index in [-0.39, 0.29) is 17.1 Å². The summed E-state index contributed by atoms with van der Waals surface area (Å²) in [5, 5.41) is 0. The van der Waals surface area contributed by atoms with Crippen molar-refractivity contribution in [3.8, 4) is 0 Å². The average Bonchev–Trinajstić information content (AvgIpc) is 2.95. The van der Waals surface area contributed by atoms with E-state index >= 15 is 0 Å². The van der Waals surface area contributed by atoms with Crippen LogP contribution >= 0.6 is 0 Å². The molecule has 16 heavy (non-hydrogen) atoms. The molecule has 1 radical (unpaired) electrons. The van der Waals surface area contributed by atoms with Crippen molar-refractivity contribution >= 4 is 0 Å². The van der Waals surface area contributed by atoms with Gasteiger partial charge in [0.1, 0.15) is 0 Å². The molecule has 0 bridgehead atoms. The van der Waals surface area contributed by atoms with Crippen LogP contribution in [0.4, 0.5) is 0 Å². The van der Waals surface area contributed by atoms with Gasteiger partial charge in [0, 0.05) is 23.5 Å². The average molecular weight is 259 g/mol. The minimum absolute atomic E-state index is 0. The zero-order chi connectivity index (χ0) is 11.8. The van der Waals surface area contributed by atoms with E-state index in [4.69, 9.17) is 14.0 Å². The van der Waals surface area contributed by atoms with Crippen LogP contribution in [0.2, 0.25) is 0 Å². The van der Waals surface area contributed by atoms with Crippen molar-refractivity contribution in [1.82, 2.24) is 0 Å². The Hall–Kier alpha value is -1.24. The Labute approximate surface area is 106 Å². The summed E-state index contributed by atoms with van der Waals surface area (Å²) in [4.78, 5) is 0. The SMILES string of the molecule is C1=COCC1.[C-]#[O+].[C-]#[O+].[Mn].c1ccccc1. The Morgan fingerprint density at radius 3 is 1.31 bits per heavy atom. The maximum atomic E-state index is 7.50. The molecule has 0 aliphatic carbocycles. The Balaban J connectivity index is -0.000000156. The zero-order valence-electron chi connectivity index (χ0n) is 8.64. The minimum Gasteiger partial charge on any atom is -0.0623 e. The van der Waals surface area contributed by atoms with Crippen molar-refractivity contribution in [3.63, 3.8) is 0 Å². The largest absolute Gasteiger partial charge is 0.0623 e. The number of ether oxygens (including phenoxy) is 1. The van der Waals surface area contributed by atoms with Crippen LogP contribution in [0.25, 0.3) is 0 Å². The van der Waals surface area contributed by atoms with Crippen LogP contribution in [-0.4, -0.2) is 6.61 Å². The summed E-state index contributed by atoms with van der Waals surface area (Å²) >= 11 is 0. The molecule has 0 fully saturated rings. The third-order valence-electron chi connectivity index (χ3n) is 1.26. The maximum absolute atomic E-state index is 7.50. The molecular weight excluding hydrogens is 247 g/mol. The molecule has 0 saturated carbocycles. The van der Waals surface area contributed by atoms with Crippen LogP contribution < -0.4 is 0 Å². The molecule has 0 aromatic heterocycles. The molecule has 1 heterocycles. The number of rotatable bonds is 0. The molecule has 0 atom stereocenters. The van der Waals surface area contributed by atoms with E-state index in [0.717, 1.165) is 13.0 Å². The smallest absolute Gasteiger partial charge is 0 e. The maximum Gasteiger partial charge on any atom is 0 e. The van der Waals surface area contributed by atoms with Gasteiger partial charge < -0.3 is 4.74 Å². The first kappa shape index (κ1) is 20.2. The van der Waals surface area contributed by atoms with Crippen molar-refractivity contribution in [1.29, 1.82) is 0 Å². The van der Waals surface area contributed by atoms with Gasteiger partial charge in [-0.25, -0.2) is 0 Å². The van der Waals surface area contributed by atoms with E-state index < -0.39 is 0 Å². The molecule has 85 valence electrons. The topological polar surface area (TPSA) is 49.0 Å². The fraction of sp³-hybridized carbons (Fsp3) is 0.167. The van der Waals surface area contributed by atoms with E-state index in [2.05, 4.69) is 13.3 Å². The molecule has 0 amide bonds. The second-order valence-corrected chi connectivity index (χ2v) is 2.19. The summed E-state index contributed by atoms with van der Waals surface area (Å²) in [6.45, 7) is 9.89. The Morgan fingerprint density at radius 2 is 1.19 bits per heavy atom. The first-order valence-corrected chi connectivity index (χ1v) is 4.17. The molecule has 1 aliphatic heterocycles. The summed E-state index contributed by atoms with van der Waals surface area (Å²) in [6.07, 6.45) is 4.85. The Kier molecular flexibility index (Phi) is 29.7. The van der Waals surface area contributed by atoms with Crippen LogP contribution in [0.3, 0.4) is 0 Å². The summed E-state index contributed by atoms with van der Waals surface area (Å²) in [5.74, 6) is 0. The van der Waals surface area contributed by atoms with E-state index in [9.17, 15) is 0 Å². The fourth-order valence-corrected chi connectivity index (χ4v) is 0.725. The van der Waals surface area contributed by atoms with Gasteiger partial charge in [-0.1, -0.05) is 36.4 Å². The van der Waals surface area contributed by atoms with Crippen molar-refractivity contribution in [3.05, 3.63) is 62.0 Å². The van der Waals surface area contributed by atoms with Gasteiger partial charge in [0.05, 0.1) is 12.9 Å². The summed E-state index contributed by atoms with van der Waals surface area (Å²) in [5.41, 5.74) is 0. The standard InChI is InChI=1S/C6H6.C4H6O.2CO.Mn/c1-2-4-6-5-3-1;1-2-4-5-3-1;2*1-2;/h1-6H;1,3H,2,4H2;;;. The quantitative estimate of drug-likeness (QED) is 0.401. The van der Waals surface area contributed by atoms with Crippen LogP contribution in [0.5, 0.6) is 0 Å². The monoisotopic (exact) mass is 259 g/mol. The molecule has 1 aromatic carbocycles. The third-order valence-corrected chi connectivity index (χ3v) is 1.26. The second-order valence-electron chi connectivity index (χ2n) is 2.19. The van der Waals surface area contributed by atoms with Gasteiger partial charge in [-0.05, 0) is 6.08 Å². The first-order valence-electron chi connectivity index (χ1n) is 4.17. The molecule has 3 nitrogen and oxygen atoms in total. The van der Waals surface area contributed by atoms with E-state index in [0.29, 0.717) is 0 Å². The van der Waals surface area contributed by atoms with Gasteiger partial charge in [0.25, 0.3) is 0 Å². The van der Waals surface area contributed by atoms with Gasteiger partial charge in [-0.15, -0.1) is 0 Å². The Bertz CT molecular complexity index is 229. The zero-order valence-corrected chi connectivity index (χ0v) is 9.82. The molecule has 0 saturated heterocycles. The van der Waals surface area contributed by atoms with E-state index in [1.807, 2.05) is 42.5 Å². The summed E-state index contributed by atoms with van der Waals surface area (Å²) in [7, 11) is 0. The first-order chi connectivity index (χ1) is 7.50. The molecule has 0 unspecified atom stereocenters. The number of hydrogen-bond acceptors (Lipinski definition) is 1. The van der Waals surface area contributed by atoms with Gasteiger partial charge in [-0.3, -0.25) is 0 Å². The van der Waals surface area contributed by atoms with Crippen LogP contribution in [-0.2, 0) is 31.1 Å².